The molecule has 148 valence electrons. The predicted octanol–water partition coefficient (Wildman–Crippen LogP) is 3.11. The van der Waals surface area contributed by atoms with E-state index in [0.29, 0.717) is 36.1 Å². The predicted molar refractivity (Wildman–Crippen MR) is 103 cm³/mol. The Hall–Kier alpha value is -3.22. The van der Waals surface area contributed by atoms with E-state index >= 15 is 0 Å². The largest absolute Gasteiger partial charge is 0.493 e. The molecular weight excluding hydrogens is 362 g/mol. The van der Waals surface area contributed by atoms with Crippen LogP contribution >= 0.6 is 0 Å². The highest BCUT2D eigenvalue weighted by Gasteiger charge is 2.19. The summed E-state index contributed by atoms with van der Waals surface area (Å²) >= 11 is 0. The monoisotopic (exact) mass is 385 g/mol. The van der Waals surface area contributed by atoms with Crippen molar-refractivity contribution in [3.63, 3.8) is 0 Å². The number of esters is 1. The first-order valence-electron chi connectivity index (χ1n) is 9.11. The van der Waals surface area contributed by atoms with Crippen LogP contribution in [0.25, 0.3) is 0 Å². The molecule has 7 heteroatoms. The first kappa shape index (κ1) is 19.5. The van der Waals surface area contributed by atoms with Gasteiger partial charge >= 0.3 is 5.97 Å². The van der Waals surface area contributed by atoms with Crippen molar-refractivity contribution in [1.29, 1.82) is 0 Å². The molecule has 28 heavy (non-hydrogen) atoms. The summed E-state index contributed by atoms with van der Waals surface area (Å²) in [4.78, 5) is 24.2. The highest BCUT2D eigenvalue weighted by Crippen LogP contribution is 2.32. The maximum absolute atomic E-state index is 12.3. The summed E-state index contributed by atoms with van der Waals surface area (Å²) in [6.45, 7) is 4.64. The number of anilines is 1. The molecule has 0 saturated carbocycles. The van der Waals surface area contributed by atoms with Crippen molar-refractivity contribution in [3.05, 3.63) is 48.0 Å². The molecule has 0 spiro atoms. The Morgan fingerprint density at radius 2 is 1.79 bits per heavy atom. The van der Waals surface area contributed by atoms with Gasteiger partial charge in [-0.15, -0.1) is 0 Å². The van der Waals surface area contributed by atoms with E-state index in [4.69, 9.17) is 18.9 Å². The zero-order valence-corrected chi connectivity index (χ0v) is 15.9. The number of benzene rings is 2. The van der Waals surface area contributed by atoms with Crippen molar-refractivity contribution < 1.29 is 28.5 Å². The van der Waals surface area contributed by atoms with Crippen molar-refractivity contribution in [2.24, 2.45) is 0 Å². The summed E-state index contributed by atoms with van der Waals surface area (Å²) in [5.74, 6) is 0.962. The topological polar surface area (TPSA) is 83.1 Å². The Kier molecular flexibility index (Phi) is 6.37. The van der Waals surface area contributed by atoms with Crippen LogP contribution in [0.2, 0.25) is 0 Å². The molecule has 0 aliphatic carbocycles. The molecule has 2 aromatic carbocycles. The minimum Gasteiger partial charge on any atom is -0.493 e. The summed E-state index contributed by atoms with van der Waals surface area (Å²) in [6.07, 6.45) is -0.879. The lowest BCUT2D eigenvalue weighted by Gasteiger charge is -2.19. The van der Waals surface area contributed by atoms with E-state index in [1.807, 2.05) is 31.2 Å². The Balaban J connectivity index is 1.43. The van der Waals surface area contributed by atoms with Gasteiger partial charge in [0.1, 0.15) is 19.0 Å². The van der Waals surface area contributed by atoms with Crippen LogP contribution < -0.4 is 19.5 Å². The zero-order valence-electron chi connectivity index (χ0n) is 15.9. The van der Waals surface area contributed by atoms with Gasteiger partial charge in [0.05, 0.1) is 13.0 Å². The summed E-state index contributed by atoms with van der Waals surface area (Å²) in [6, 6.07) is 12.6. The fraction of sp³-hybridized carbons (Fsp3) is 0.333. The molecule has 1 amide bonds. The van der Waals surface area contributed by atoms with Gasteiger partial charge in [-0.3, -0.25) is 9.59 Å². The lowest BCUT2D eigenvalue weighted by atomic mass is 10.2. The molecule has 1 aliphatic heterocycles. The number of ether oxygens (including phenoxy) is 4. The molecule has 3 rings (SSSR count). The number of carbonyl (C=O) groups excluding carboxylic acids is 2. The fourth-order valence-corrected chi connectivity index (χ4v) is 2.56. The number of aryl methyl sites for hydroxylation is 1. The van der Waals surface area contributed by atoms with Gasteiger partial charge < -0.3 is 24.3 Å². The van der Waals surface area contributed by atoms with Crippen molar-refractivity contribution >= 4 is 17.6 Å². The maximum Gasteiger partial charge on any atom is 0.310 e. The summed E-state index contributed by atoms with van der Waals surface area (Å²) in [5.41, 5.74) is 1.67. The Labute approximate surface area is 163 Å². The third-order valence-corrected chi connectivity index (χ3v) is 4.08. The van der Waals surface area contributed by atoms with Crippen LogP contribution in [-0.2, 0) is 14.3 Å². The van der Waals surface area contributed by atoms with Crippen LogP contribution in [0.4, 0.5) is 5.69 Å². The van der Waals surface area contributed by atoms with Crippen LogP contribution in [0.15, 0.2) is 42.5 Å². The average molecular weight is 385 g/mol. The highest BCUT2D eigenvalue weighted by molar-refractivity contribution is 5.95. The van der Waals surface area contributed by atoms with Crippen LogP contribution in [0, 0.1) is 6.92 Å². The zero-order chi connectivity index (χ0) is 19.9. The van der Waals surface area contributed by atoms with E-state index in [1.54, 1.807) is 18.2 Å². The normalized spacial score (nSPS) is 13.4. The van der Waals surface area contributed by atoms with E-state index in [9.17, 15) is 9.59 Å². The fourth-order valence-electron chi connectivity index (χ4n) is 2.56. The molecule has 0 bridgehead atoms. The Bertz CT molecular complexity index is 833. The summed E-state index contributed by atoms with van der Waals surface area (Å²) in [5, 5.41) is 2.70. The molecule has 7 nitrogen and oxygen atoms in total. The number of rotatable bonds is 7. The Morgan fingerprint density at radius 3 is 2.54 bits per heavy atom. The molecule has 1 N–H and O–H groups in total. The van der Waals surface area contributed by atoms with Crippen LogP contribution in [0.1, 0.15) is 18.9 Å². The third-order valence-electron chi connectivity index (χ3n) is 4.08. The van der Waals surface area contributed by atoms with Crippen LogP contribution in [0.5, 0.6) is 17.2 Å². The lowest BCUT2D eigenvalue weighted by Crippen LogP contribution is -2.30. The summed E-state index contributed by atoms with van der Waals surface area (Å²) < 4.78 is 21.6. The van der Waals surface area contributed by atoms with E-state index < -0.39 is 18.0 Å². The smallest absolute Gasteiger partial charge is 0.310 e. The van der Waals surface area contributed by atoms with Gasteiger partial charge in [0.15, 0.2) is 17.6 Å². The molecule has 0 saturated heterocycles. The number of hydrogen-bond acceptors (Lipinski definition) is 6. The molecule has 0 radical (unpaired) electrons. The number of amides is 1. The molecule has 2 aromatic rings. The number of hydrogen-bond donors (Lipinski definition) is 1. The highest BCUT2D eigenvalue weighted by atomic mass is 16.6. The maximum atomic E-state index is 12.3. The second kappa shape index (κ2) is 9.12. The standard InChI is InChI=1S/C21H23NO6/c1-14-3-6-17(7-4-14)25-10-9-20(23)28-15(2)21(24)22-16-5-8-18-19(13-16)27-12-11-26-18/h3-8,13,15H,9-12H2,1-2H3,(H,22,24). The summed E-state index contributed by atoms with van der Waals surface area (Å²) in [7, 11) is 0. The second-order valence-corrected chi connectivity index (χ2v) is 6.39. The molecule has 1 heterocycles. The number of fused-ring (bicyclic) bond motifs is 1. The molecular formula is C21H23NO6. The minimum absolute atomic E-state index is 0.0511. The van der Waals surface area contributed by atoms with Gasteiger partial charge in [-0.25, -0.2) is 0 Å². The van der Waals surface area contributed by atoms with Crippen molar-refractivity contribution in [2.45, 2.75) is 26.4 Å². The van der Waals surface area contributed by atoms with Gasteiger partial charge in [0.2, 0.25) is 0 Å². The lowest BCUT2D eigenvalue weighted by molar-refractivity contribution is -0.153. The number of carbonyl (C=O) groups is 2. The van der Waals surface area contributed by atoms with Gasteiger partial charge in [-0.1, -0.05) is 17.7 Å². The average Bonchev–Trinajstić information content (AvgIpc) is 2.69. The van der Waals surface area contributed by atoms with Gasteiger partial charge in [0.25, 0.3) is 5.91 Å². The minimum atomic E-state index is -0.930. The van der Waals surface area contributed by atoms with Gasteiger partial charge in [0, 0.05) is 11.8 Å². The second-order valence-electron chi connectivity index (χ2n) is 6.39. The van der Waals surface area contributed by atoms with Crippen LogP contribution in [0.3, 0.4) is 0 Å². The van der Waals surface area contributed by atoms with E-state index in [-0.39, 0.29) is 13.0 Å². The SMILES string of the molecule is Cc1ccc(OCCC(=O)OC(C)C(=O)Nc2ccc3c(c2)OCCO3)cc1. The van der Waals surface area contributed by atoms with E-state index in [1.165, 1.54) is 6.92 Å². The van der Waals surface area contributed by atoms with Crippen LogP contribution in [-0.4, -0.2) is 37.8 Å². The van der Waals surface area contributed by atoms with Crippen molar-refractivity contribution in [1.82, 2.24) is 0 Å². The molecule has 1 atom stereocenters. The Morgan fingerprint density at radius 1 is 1.07 bits per heavy atom. The first-order valence-corrected chi connectivity index (χ1v) is 9.11. The third kappa shape index (κ3) is 5.39. The first-order chi connectivity index (χ1) is 13.5. The van der Waals surface area contributed by atoms with Gasteiger partial charge in [-0.2, -0.15) is 0 Å². The van der Waals surface area contributed by atoms with Crippen molar-refractivity contribution in [2.75, 3.05) is 25.1 Å². The van der Waals surface area contributed by atoms with Gasteiger partial charge in [-0.05, 0) is 38.1 Å². The molecule has 0 aromatic heterocycles. The number of nitrogens with one attached hydrogen (secondary N) is 1. The van der Waals surface area contributed by atoms with E-state index in [0.717, 1.165) is 5.56 Å². The molecule has 1 aliphatic rings. The quantitative estimate of drug-likeness (QED) is 0.738. The molecule has 0 fully saturated rings. The molecule has 1 unspecified atom stereocenters. The van der Waals surface area contributed by atoms with E-state index in [2.05, 4.69) is 5.32 Å². The van der Waals surface area contributed by atoms with Crippen molar-refractivity contribution in [3.8, 4) is 17.2 Å².